The lowest BCUT2D eigenvalue weighted by molar-refractivity contribution is -0.150. The fourth-order valence-electron chi connectivity index (χ4n) is 2.47. The van der Waals surface area contributed by atoms with Crippen LogP contribution >= 0.6 is 0 Å². The maximum Gasteiger partial charge on any atom is 0.391 e. The van der Waals surface area contributed by atoms with Crippen molar-refractivity contribution in [1.29, 1.82) is 0 Å². The smallest absolute Gasteiger partial charge is 0.376 e. The fraction of sp³-hybridized carbons (Fsp3) is 0.571. The van der Waals surface area contributed by atoms with Gasteiger partial charge in [0, 0.05) is 0 Å². The zero-order chi connectivity index (χ0) is 13.9. The number of hydrogen-bond donors (Lipinski definition) is 1. The van der Waals surface area contributed by atoms with Crippen LogP contribution in [0.25, 0.3) is 0 Å². The molecule has 2 nitrogen and oxygen atoms in total. The van der Waals surface area contributed by atoms with Gasteiger partial charge in [0.05, 0.1) is 25.2 Å². The summed E-state index contributed by atoms with van der Waals surface area (Å²) in [4.78, 5) is 0. The third-order valence-corrected chi connectivity index (χ3v) is 3.47. The molecule has 2 rings (SSSR count). The predicted molar refractivity (Wildman–Crippen MR) is 66.7 cm³/mol. The van der Waals surface area contributed by atoms with Crippen molar-refractivity contribution >= 4 is 0 Å². The minimum absolute atomic E-state index is 0.315. The van der Waals surface area contributed by atoms with Gasteiger partial charge in [-0.05, 0) is 30.4 Å². The van der Waals surface area contributed by atoms with Gasteiger partial charge in [0.1, 0.15) is 0 Å². The van der Waals surface area contributed by atoms with Crippen LogP contribution in [0.15, 0.2) is 24.3 Å². The Balaban J connectivity index is 1.99. The third-order valence-electron chi connectivity index (χ3n) is 3.47. The van der Waals surface area contributed by atoms with Crippen LogP contribution in [-0.2, 0) is 11.2 Å². The van der Waals surface area contributed by atoms with Crippen molar-refractivity contribution in [3.8, 4) is 0 Å². The third kappa shape index (κ3) is 3.94. The molecule has 0 saturated heterocycles. The Morgan fingerprint density at radius 2 is 2.00 bits per heavy atom. The minimum Gasteiger partial charge on any atom is -0.376 e. The monoisotopic (exact) mass is 273 g/mol. The van der Waals surface area contributed by atoms with Crippen molar-refractivity contribution in [2.24, 2.45) is 5.73 Å². The Kier molecular flexibility index (Phi) is 4.47. The van der Waals surface area contributed by atoms with Crippen molar-refractivity contribution in [1.82, 2.24) is 0 Å². The summed E-state index contributed by atoms with van der Waals surface area (Å²) in [6, 6.07) is 7.47. The molecule has 1 aromatic rings. The molecule has 0 bridgehead atoms. The molecule has 0 fully saturated rings. The lowest BCUT2D eigenvalue weighted by Crippen LogP contribution is -2.29. The molecule has 0 amide bonds. The first-order chi connectivity index (χ1) is 8.97. The summed E-state index contributed by atoms with van der Waals surface area (Å²) in [6.45, 7) is -0.315. The second-order valence-electron chi connectivity index (χ2n) is 4.89. The van der Waals surface area contributed by atoms with Gasteiger partial charge in [0.25, 0.3) is 0 Å². The number of alkyl halides is 3. The average molecular weight is 273 g/mol. The van der Waals surface area contributed by atoms with E-state index in [2.05, 4.69) is 0 Å². The Hall–Kier alpha value is -1.07. The molecule has 19 heavy (non-hydrogen) atoms. The molecule has 1 aliphatic rings. The van der Waals surface area contributed by atoms with Crippen LogP contribution in [0.5, 0.6) is 0 Å². The second-order valence-corrected chi connectivity index (χ2v) is 4.89. The van der Waals surface area contributed by atoms with Gasteiger partial charge in [0.15, 0.2) is 0 Å². The van der Waals surface area contributed by atoms with Crippen LogP contribution in [-0.4, -0.2) is 18.9 Å². The average Bonchev–Trinajstić information content (AvgIpc) is 2.49. The molecule has 0 saturated carbocycles. The zero-order valence-corrected chi connectivity index (χ0v) is 10.6. The summed E-state index contributed by atoms with van der Waals surface area (Å²) in [5.74, 6) is 0. The van der Waals surface area contributed by atoms with E-state index in [-0.39, 0.29) is 18.8 Å². The van der Waals surface area contributed by atoms with Gasteiger partial charge in [-0.25, -0.2) is 0 Å². The van der Waals surface area contributed by atoms with E-state index in [9.17, 15) is 13.2 Å². The lowest BCUT2D eigenvalue weighted by atomic mass is 9.98. The van der Waals surface area contributed by atoms with Crippen LogP contribution in [0.4, 0.5) is 13.2 Å². The van der Waals surface area contributed by atoms with E-state index in [1.807, 2.05) is 24.3 Å². The molecular weight excluding hydrogens is 255 g/mol. The summed E-state index contributed by atoms with van der Waals surface area (Å²) >= 11 is 0. The molecule has 106 valence electrons. The molecule has 1 aromatic carbocycles. The maximum atomic E-state index is 12.1. The largest absolute Gasteiger partial charge is 0.391 e. The standard InChI is InChI=1S/C14H18F3NO/c15-14(16,17)8-9-19-12-7-3-5-10-4-1-2-6-11(10)13(12)18/h1-2,4,6,12-13H,3,5,7-9,18H2. The topological polar surface area (TPSA) is 35.2 Å². The Morgan fingerprint density at radius 3 is 2.74 bits per heavy atom. The van der Waals surface area contributed by atoms with Crippen molar-refractivity contribution in [2.45, 2.75) is 44.0 Å². The van der Waals surface area contributed by atoms with E-state index in [0.29, 0.717) is 6.42 Å². The molecule has 2 N–H and O–H groups in total. The van der Waals surface area contributed by atoms with Crippen molar-refractivity contribution in [3.63, 3.8) is 0 Å². The van der Waals surface area contributed by atoms with E-state index in [1.54, 1.807) is 0 Å². The van der Waals surface area contributed by atoms with Gasteiger partial charge in [-0.1, -0.05) is 24.3 Å². The van der Waals surface area contributed by atoms with E-state index >= 15 is 0 Å². The van der Waals surface area contributed by atoms with Crippen LogP contribution in [0.2, 0.25) is 0 Å². The highest BCUT2D eigenvalue weighted by molar-refractivity contribution is 5.31. The molecule has 0 radical (unpaired) electrons. The molecule has 0 aliphatic heterocycles. The number of hydrogen-bond acceptors (Lipinski definition) is 2. The number of halogens is 3. The number of benzene rings is 1. The van der Waals surface area contributed by atoms with Gasteiger partial charge >= 0.3 is 6.18 Å². The van der Waals surface area contributed by atoms with Crippen LogP contribution in [0.3, 0.4) is 0 Å². The van der Waals surface area contributed by atoms with Crippen molar-refractivity contribution < 1.29 is 17.9 Å². The van der Waals surface area contributed by atoms with Gasteiger partial charge in [0.2, 0.25) is 0 Å². The first kappa shape index (κ1) is 14.3. The Bertz CT molecular complexity index is 419. The summed E-state index contributed by atoms with van der Waals surface area (Å²) in [5.41, 5.74) is 8.31. The molecule has 0 spiro atoms. The number of ether oxygens (including phenoxy) is 1. The van der Waals surface area contributed by atoms with Gasteiger partial charge in [-0.15, -0.1) is 0 Å². The van der Waals surface area contributed by atoms with Crippen molar-refractivity contribution in [2.75, 3.05) is 6.61 Å². The number of nitrogens with two attached hydrogens (primary N) is 1. The number of aryl methyl sites for hydroxylation is 1. The summed E-state index contributed by atoms with van der Waals surface area (Å²) < 4.78 is 41.7. The first-order valence-electron chi connectivity index (χ1n) is 6.49. The van der Waals surface area contributed by atoms with Crippen LogP contribution in [0, 0.1) is 0 Å². The summed E-state index contributed by atoms with van der Waals surface area (Å²) in [6.07, 6.45) is -2.92. The molecule has 2 unspecified atom stereocenters. The van der Waals surface area contributed by atoms with E-state index in [1.165, 1.54) is 5.56 Å². The first-order valence-corrected chi connectivity index (χ1v) is 6.49. The highest BCUT2D eigenvalue weighted by atomic mass is 19.4. The van der Waals surface area contributed by atoms with E-state index in [4.69, 9.17) is 10.5 Å². The Labute approximate surface area is 110 Å². The molecule has 1 aliphatic carbocycles. The molecular formula is C14H18F3NO. The van der Waals surface area contributed by atoms with Gasteiger partial charge < -0.3 is 10.5 Å². The normalized spacial score (nSPS) is 23.8. The zero-order valence-electron chi connectivity index (χ0n) is 10.6. The maximum absolute atomic E-state index is 12.1. The predicted octanol–water partition coefficient (Wildman–Crippen LogP) is 3.36. The van der Waals surface area contributed by atoms with Gasteiger partial charge in [-0.3, -0.25) is 0 Å². The van der Waals surface area contributed by atoms with E-state index in [0.717, 1.165) is 18.4 Å². The molecule has 0 aromatic heterocycles. The SMILES string of the molecule is NC1c2ccccc2CCCC1OCCC(F)(F)F. The van der Waals surface area contributed by atoms with E-state index < -0.39 is 12.6 Å². The van der Waals surface area contributed by atoms with Gasteiger partial charge in [-0.2, -0.15) is 13.2 Å². The Morgan fingerprint density at radius 1 is 1.26 bits per heavy atom. The molecule has 5 heteroatoms. The fourth-order valence-corrected chi connectivity index (χ4v) is 2.47. The minimum atomic E-state index is -4.17. The number of fused-ring (bicyclic) bond motifs is 1. The molecule has 0 heterocycles. The highest BCUT2D eigenvalue weighted by Crippen LogP contribution is 2.29. The summed E-state index contributed by atoms with van der Waals surface area (Å²) in [5, 5.41) is 0. The quantitative estimate of drug-likeness (QED) is 0.857. The van der Waals surface area contributed by atoms with Crippen LogP contribution < -0.4 is 5.73 Å². The summed E-state index contributed by atoms with van der Waals surface area (Å²) in [7, 11) is 0. The van der Waals surface area contributed by atoms with Crippen LogP contribution in [0.1, 0.15) is 36.4 Å². The second kappa shape index (κ2) is 5.92. The van der Waals surface area contributed by atoms with Crippen molar-refractivity contribution in [3.05, 3.63) is 35.4 Å². The highest BCUT2D eigenvalue weighted by Gasteiger charge is 2.29. The number of rotatable bonds is 3. The lowest BCUT2D eigenvalue weighted by Gasteiger charge is -2.23. The molecule has 2 atom stereocenters.